The monoisotopic (exact) mass is 923 g/mol. The Morgan fingerprint density at radius 1 is 0.303 bits per heavy atom. The molecule has 0 aromatic carbocycles. The fraction of sp³-hybridized carbons (Fsp3) is 0.783. The molecule has 382 valence electrons. The summed E-state index contributed by atoms with van der Waals surface area (Å²) in [5.41, 5.74) is 0. The summed E-state index contributed by atoms with van der Waals surface area (Å²) in [6.07, 6.45) is 67.9. The van der Waals surface area contributed by atoms with Gasteiger partial charge in [0.1, 0.15) is 13.2 Å². The van der Waals surface area contributed by atoms with Gasteiger partial charge in [0.2, 0.25) is 0 Å². The molecule has 0 saturated heterocycles. The van der Waals surface area contributed by atoms with Crippen LogP contribution in [0.15, 0.2) is 60.8 Å². The van der Waals surface area contributed by atoms with Crippen LogP contribution in [-0.4, -0.2) is 37.2 Å². The summed E-state index contributed by atoms with van der Waals surface area (Å²) in [6.45, 7) is 6.56. The van der Waals surface area contributed by atoms with Gasteiger partial charge >= 0.3 is 17.9 Å². The molecule has 0 aliphatic heterocycles. The molecule has 0 amide bonds. The number of ether oxygens (including phenoxy) is 3. The number of unbranched alkanes of at least 4 members (excludes halogenated alkanes) is 30. The first-order valence-electron chi connectivity index (χ1n) is 28.3. The van der Waals surface area contributed by atoms with Gasteiger partial charge in [0.15, 0.2) is 6.10 Å². The van der Waals surface area contributed by atoms with Crippen LogP contribution in [0.1, 0.15) is 284 Å². The van der Waals surface area contributed by atoms with Crippen LogP contribution in [0.3, 0.4) is 0 Å². The van der Waals surface area contributed by atoms with Crippen molar-refractivity contribution in [2.45, 2.75) is 290 Å². The second-order valence-corrected chi connectivity index (χ2v) is 18.8. The summed E-state index contributed by atoms with van der Waals surface area (Å²) >= 11 is 0. The Morgan fingerprint density at radius 3 is 0.924 bits per heavy atom. The topological polar surface area (TPSA) is 78.9 Å². The molecular formula is C60H106O6. The zero-order chi connectivity index (χ0) is 47.9. The second-order valence-electron chi connectivity index (χ2n) is 18.8. The Morgan fingerprint density at radius 2 is 0.576 bits per heavy atom. The molecule has 0 fully saturated rings. The van der Waals surface area contributed by atoms with Crippen LogP contribution in [0.25, 0.3) is 0 Å². The summed E-state index contributed by atoms with van der Waals surface area (Å²) in [5.74, 6) is -0.903. The highest BCUT2D eigenvalue weighted by Crippen LogP contribution is 2.15. The summed E-state index contributed by atoms with van der Waals surface area (Å²) in [7, 11) is 0. The summed E-state index contributed by atoms with van der Waals surface area (Å²) in [5, 5.41) is 0. The van der Waals surface area contributed by atoms with Crippen molar-refractivity contribution in [1.29, 1.82) is 0 Å². The van der Waals surface area contributed by atoms with Gasteiger partial charge in [-0.2, -0.15) is 0 Å². The van der Waals surface area contributed by atoms with Crippen molar-refractivity contribution < 1.29 is 28.6 Å². The van der Waals surface area contributed by atoms with Crippen LogP contribution >= 0.6 is 0 Å². The Bertz CT molecular complexity index is 1200. The standard InChI is InChI=1S/C60H106O6/c1-4-7-10-13-16-19-22-24-26-27-28-29-30-31-32-33-35-36-38-41-44-47-50-53-59(62)65-56-57(55-64-58(61)52-49-46-43-40-21-18-15-12-9-6-3)66-60(63)54-51-48-45-42-39-37-34-25-23-20-17-14-11-8-5-2/h12,15,22,24-25,27-28,30-31,34,57H,4-11,13-14,16-21,23,26,29,32-33,35-56H2,1-3H3/b15-12-,24-22-,28-27-,31-30-,34-25-. The van der Waals surface area contributed by atoms with E-state index in [2.05, 4.69) is 81.5 Å². The van der Waals surface area contributed by atoms with Gasteiger partial charge in [-0.25, -0.2) is 0 Å². The lowest BCUT2D eigenvalue weighted by atomic mass is 10.1. The number of hydrogen-bond donors (Lipinski definition) is 0. The minimum absolute atomic E-state index is 0.0836. The third-order valence-electron chi connectivity index (χ3n) is 12.2. The Kier molecular flexibility index (Phi) is 52.3. The predicted molar refractivity (Wildman–Crippen MR) is 284 cm³/mol. The van der Waals surface area contributed by atoms with E-state index in [4.69, 9.17) is 14.2 Å². The Hall–Kier alpha value is -2.89. The summed E-state index contributed by atoms with van der Waals surface area (Å²) in [6, 6.07) is 0. The molecule has 0 aromatic rings. The predicted octanol–water partition coefficient (Wildman–Crippen LogP) is 18.8. The van der Waals surface area contributed by atoms with Crippen LogP contribution in [0.2, 0.25) is 0 Å². The number of esters is 3. The van der Waals surface area contributed by atoms with Crippen LogP contribution in [-0.2, 0) is 28.6 Å². The first-order valence-corrected chi connectivity index (χ1v) is 28.3. The Balaban J connectivity index is 4.29. The number of rotatable bonds is 51. The minimum atomic E-state index is -0.784. The smallest absolute Gasteiger partial charge is 0.306 e. The lowest BCUT2D eigenvalue weighted by Gasteiger charge is -2.18. The summed E-state index contributed by atoms with van der Waals surface area (Å²) < 4.78 is 16.8. The van der Waals surface area contributed by atoms with Crippen LogP contribution in [0, 0.1) is 0 Å². The van der Waals surface area contributed by atoms with Crippen molar-refractivity contribution in [2.75, 3.05) is 13.2 Å². The maximum atomic E-state index is 12.8. The van der Waals surface area contributed by atoms with E-state index in [-0.39, 0.29) is 31.1 Å². The molecule has 0 radical (unpaired) electrons. The van der Waals surface area contributed by atoms with Crippen LogP contribution in [0.4, 0.5) is 0 Å². The average molecular weight is 924 g/mol. The molecule has 0 spiro atoms. The first kappa shape index (κ1) is 63.1. The van der Waals surface area contributed by atoms with Gasteiger partial charge in [-0.15, -0.1) is 0 Å². The molecule has 0 rings (SSSR count). The SMILES string of the molecule is CCC/C=C\CCCCCCCC(=O)OCC(COC(=O)CCCCCCCCCC/C=C\C/C=C\C/C=C\CCCCCCC)OC(=O)CCCCCCC/C=C\CCCCCCCC. The fourth-order valence-electron chi connectivity index (χ4n) is 7.92. The van der Waals surface area contributed by atoms with Crippen molar-refractivity contribution in [3.05, 3.63) is 60.8 Å². The molecule has 0 aromatic heterocycles. The van der Waals surface area contributed by atoms with Gasteiger partial charge < -0.3 is 14.2 Å². The Labute approximate surface area is 409 Å². The van der Waals surface area contributed by atoms with Crippen molar-refractivity contribution in [2.24, 2.45) is 0 Å². The highest BCUT2D eigenvalue weighted by Gasteiger charge is 2.19. The molecule has 0 aliphatic carbocycles. The van der Waals surface area contributed by atoms with E-state index in [1.807, 2.05) is 0 Å². The van der Waals surface area contributed by atoms with Crippen molar-refractivity contribution in [3.8, 4) is 0 Å². The second kappa shape index (κ2) is 54.7. The van der Waals surface area contributed by atoms with E-state index < -0.39 is 6.10 Å². The fourth-order valence-corrected chi connectivity index (χ4v) is 7.92. The number of hydrogen-bond acceptors (Lipinski definition) is 6. The molecule has 0 bridgehead atoms. The molecule has 0 N–H and O–H groups in total. The maximum Gasteiger partial charge on any atom is 0.306 e. The lowest BCUT2D eigenvalue weighted by molar-refractivity contribution is -0.167. The average Bonchev–Trinajstić information content (AvgIpc) is 3.31. The van der Waals surface area contributed by atoms with Gasteiger partial charge in [0.25, 0.3) is 0 Å². The summed E-state index contributed by atoms with van der Waals surface area (Å²) in [4.78, 5) is 38.0. The molecular weight excluding hydrogens is 817 g/mol. The third-order valence-corrected chi connectivity index (χ3v) is 12.2. The molecule has 6 nitrogen and oxygen atoms in total. The van der Waals surface area contributed by atoms with E-state index in [1.165, 1.54) is 141 Å². The highest BCUT2D eigenvalue weighted by molar-refractivity contribution is 5.71. The van der Waals surface area contributed by atoms with E-state index >= 15 is 0 Å². The quantitative estimate of drug-likeness (QED) is 0.0262. The van der Waals surface area contributed by atoms with Gasteiger partial charge in [-0.05, 0) is 103 Å². The molecule has 0 heterocycles. The molecule has 1 unspecified atom stereocenters. The van der Waals surface area contributed by atoms with Crippen molar-refractivity contribution >= 4 is 17.9 Å². The third kappa shape index (κ3) is 52.1. The van der Waals surface area contributed by atoms with Gasteiger partial charge in [-0.3, -0.25) is 14.4 Å². The van der Waals surface area contributed by atoms with E-state index in [1.54, 1.807) is 0 Å². The highest BCUT2D eigenvalue weighted by atomic mass is 16.6. The van der Waals surface area contributed by atoms with Crippen molar-refractivity contribution in [3.63, 3.8) is 0 Å². The molecule has 66 heavy (non-hydrogen) atoms. The van der Waals surface area contributed by atoms with Gasteiger partial charge in [0, 0.05) is 19.3 Å². The van der Waals surface area contributed by atoms with Gasteiger partial charge in [-0.1, -0.05) is 223 Å². The van der Waals surface area contributed by atoms with Crippen molar-refractivity contribution in [1.82, 2.24) is 0 Å². The molecule has 6 heteroatoms. The number of allylic oxidation sites excluding steroid dienone is 10. The lowest BCUT2D eigenvalue weighted by Crippen LogP contribution is -2.30. The first-order chi connectivity index (χ1) is 32.5. The normalized spacial score (nSPS) is 12.5. The van der Waals surface area contributed by atoms with Crippen LogP contribution < -0.4 is 0 Å². The number of carbonyl (C=O) groups excluding carboxylic acids is 3. The van der Waals surface area contributed by atoms with Gasteiger partial charge in [0.05, 0.1) is 0 Å². The van der Waals surface area contributed by atoms with E-state index in [9.17, 15) is 14.4 Å². The zero-order valence-corrected chi connectivity index (χ0v) is 43.7. The minimum Gasteiger partial charge on any atom is -0.462 e. The van der Waals surface area contributed by atoms with E-state index in [0.717, 1.165) is 103 Å². The maximum absolute atomic E-state index is 12.8. The molecule has 0 saturated carbocycles. The van der Waals surface area contributed by atoms with E-state index in [0.29, 0.717) is 19.3 Å². The number of carbonyl (C=O) groups is 3. The molecule has 0 aliphatic rings. The molecule has 1 atom stereocenters. The zero-order valence-electron chi connectivity index (χ0n) is 43.7. The van der Waals surface area contributed by atoms with Crippen LogP contribution in [0.5, 0.6) is 0 Å². The largest absolute Gasteiger partial charge is 0.462 e.